The molecule has 0 unspecified atom stereocenters. The van der Waals surface area contributed by atoms with E-state index in [9.17, 15) is 4.79 Å². The van der Waals surface area contributed by atoms with Gasteiger partial charge in [0.05, 0.1) is 23.7 Å². The fourth-order valence-electron chi connectivity index (χ4n) is 4.35. The van der Waals surface area contributed by atoms with E-state index in [1.165, 1.54) is 32.6 Å². The number of para-hydroxylation sites is 1. The number of benzene rings is 2. The van der Waals surface area contributed by atoms with Crippen molar-refractivity contribution in [3.05, 3.63) is 76.7 Å². The van der Waals surface area contributed by atoms with Crippen molar-refractivity contribution in [2.45, 2.75) is 33.9 Å². The van der Waals surface area contributed by atoms with Gasteiger partial charge in [-0.2, -0.15) is 0 Å². The van der Waals surface area contributed by atoms with Crippen molar-refractivity contribution in [1.29, 1.82) is 0 Å². The van der Waals surface area contributed by atoms with Crippen LogP contribution in [-0.2, 0) is 17.8 Å². The number of nitrogens with one attached hydrogen (secondary N) is 1. The fraction of sp³-hybridized carbons (Fsp3) is 0.296. The fourth-order valence-corrected chi connectivity index (χ4v) is 5.16. The van der Waals surface area contributed by atoms with Crippen LogP contribution in [0.1, 0.15) is 23.6 Å². The molecule has 0 radical (unpaired) electrons. The van der Waals surface area contributed by atoms with Gasteiger partial charge in [0, 0.05) is 42.4 Å². The molecule has 2 amide bonds. The van der Waals surface area contributed by atoms with Crippen LogP contribution in [0.4, 0.5) is 10.5 Å². The molecule has 4 rings (SSSR count). The summed E-state index contributed by atoms with van der Waals surface area (Å²) in [4.78, 5) is 16.5. The molecule has 2 aromatic carbocycles. The molecular formula is C27H31N3O2S. The molecule has 0 aliphatic carbocycles. The summed E-state index contributed by atoms with van der Waals surface area (Å²) in [5.41, 5.74) is 6.62. The van der Waals surface area contributed by atoms with Crippen LogP contribution in [0.5, 0.6) is 0 Å². The number of urea groups is 1. The Hall–Kier alpha value is -3.09. The molecule has 4 aromatic rings. The molecule has 0 saturated carbocycles. The molecule has 0 spiro atoms. The van der Waals surface area contributed by atoms with Crippen molar-refractivity contribution in [3.63, 3.8) is 0 Å². The van der Waals surface area contributed by atoms with E-state index in [1.807, 2.05) is 24.0 Å². The zero-order chi connectivity index (χ0) is 23.4. The smallest absolute Gasteiger partial charge is 0.322 e. The van der Waals surface area contributed by atoms with Gasteiger partial charge in [-0.25, -0.2) is 4.79 Å². The highest BCUT2D eigenvalue weighted by atomic mass is 32.1. The van der Waals surface area contributed by atoms with E-state index in [2.05, 4.69) is 71.6 Å². The number of carbonyl (C=O) groups is 1. The highest BCUT2D eigenvalue weighted by Crippen LogP contribution is 2.37. The Kier molecular flexibility index (Phi) is 7.16. The SMILES string of the molecule is CCn1c(-c2cccs2)c(CN(CCOC)C(=O)Nc2ccc(C)cc2C)c2ccccc21. The monoisotopic (exact) mass is 461 g/mol. The Morgan fingerprint density at radius 1 is 1.12 bits per heavy atom. The molecule has 0 fully saturated rings. The minimum Gasteiger partial charge on any atom is -0.383 e. The van der Waals surface area contributed by atoms with Crippen molar-refractivity contribution in [2.75, 3.05) is 25.6 Å². The lowest BCUT2D eigenvalue weighted by molar-refractivity contribution is 0.153. The summed E-state index contributed by atoms with van der Waals surface area (Å²) in [6.45, 7) is 8.58. The van der Waals surface area contributed by atoms with E-state index < -0.39 is 0 Å². The number of aromatic nitrogens is 1. The van der Waals surface area contributed by atoms with Crippen LogP contribution in [0.25, 0.3) is 21.5 Å². The van der Waals surface area contributed by atoms with Crippen molar-refractivity contribution >= 4 is 34.0 Å². The Labute approximate surface area is 199 Å². The number of nitrogens with zero attached hydrogens (tertiary/aromatic N) is 2. The number of thiophene rings is 1. The van der Waals surface area contributed by atoms with Crippen LogP contribution in [0.15, 0.2) is 60.0 Å². The van der Waals surface area contributed by atoms with E-state index in [4.69, 9.17) is 4.74 Å². The van der Waals surface area contributed by atoms with Gasteiger partial charge in [0.15, 0.2) is 0 Å². The minimum atomic E-state index is -0.121. The summed E-state index contributed by atoms with van der Waals surface area (Å²) in [5.74, 6) is 0. The quantitative estimate of drug-likeness (QED) is 0.318. The Bertz CT molecular complexity index is 1240. The second-order valence-corrected chi connectivity index (χ2v) is 9.18. The van der Waals surface area contributed by atoms with Crippen LogP contribution >= 0.6 is 11.3 Å². The molecule has 6 heteroatoms. The number of hydrogen-bond acceptors (Lipinski definition) is 3. The molecule has 0 aliphatic rings. The highest BCUT2D eigenvalue weighted by Gasteiger charge is 2.23. The third kappa shape index (κ3) is 4.82. The maximum absolute atomic E-state index is 13.4. The number of rotatable bonds is 8. The summed E-state index contributed by atoms with van der Waals surface area (Å²) in [5, 5.41) is 6.41. The molecule has 5 nitrogen and oxygen atoms in total. The number of hydrogen-bond donors (Lipinski definition) is 1. The summed E-state index contributed by atoms with van der Waals surface area (Å²) in [6, 6.07) is 18.7. The van der Waals surface area contributed by atoms with Gasteiger partial charge in [-0.05, 0) is 49.9 Å². The van der Waals surface area contributed by atoms with E-state index in [0.717, 1.165) is 17.8 Å². The number of carbonyl (C=O) groups excluding carboxylic acids is 1. The first-order chi connectivity index (χ1) is 16.0. The van der Waals surface area contributed by atoms with E-state index >= 15 is 0 Å². The third-order valence-corrected chi connectivity index (χ3v) is 6.85. The first-order valence-electron chi connectivity index (χ1n) is 11.3. The predicted molar refractivity (Wildman–Crippen MR) is 138 cm³/mol. The van der Waals surface area contributed by atoms with E-state index in [1.54, 1.807) is 18.4 Å². The van der Waals surface area contributed by atoms with Gasteiger partial charge >= 0.3 is 6.03 Å². The highest BCUT2D eigenvalue weighted by molar-refractivity contribution is 7.13. The van der Waals surface area contributed by atoms with E-state index in [0.29, 0.717) is 19.7 Å². The Balaban J connectivity index is 1.74. The summed E-state index contributed by atoms with van der Waals surface area (Å²) in [7, 11) is 1.67. The topological polar surface area (TPSA) is 46.5 Å². The first-order valence-corrected chi connectivity index (χ1v) is 12.2. The maximum atomic E-state index is 13.4. The number of ether oxygens (including phenoxy) is 1. The molecular weight excluding hydrogens is 430 g/mol. The van der Waals surface area contributed by atoms with Crippen molar-refractivity contribution in [3.8, 4) is 10.6 Å². The third-order valence-electron chi connectivity index (χ3n) is 5.97. The van der Waals surface area contributed by atoms with Crippen molar-refractivity contribution < 1.29 is 9.53 Å². The maximum Gasteiger partial charge on any atom is 0.322 e. The normalized spacial score (nSPS) is 11.2. The van der Waals surface area contributed by atoms with Gasteiger partial charge in [-0.1, -0.05) is 42.0 Å². The largest absolute Gasteiger partial charge is 0.383 e. The summed E-state index contributed by atoms with van der Waals surface area (Å²) >= 11 is 1.73. The lowest BCUT2D eigenvalue weighted by Gasteiger charge is -2.24. The number of methoxy groups -OCH3 is 1. The van der Waals surface area contributed by atoms with Crippen LogP contribution in [-0.4, -0.2) is 35.8 Å². The number of amides is 2. The average Bonchev–Trinajstić information content (AvgIpc) is 3.44. The summed E-state index contributed by atoms with van der Waals surface area (Å²) < 4.78 is 7.70. The molecule has 0 bridgehead atoms. The van der Waals surface area contributed by atoms with Gasteiger partial charge in [0.2, 0.25) is 0 Å². The Morgan fingerprint density at radius 2 is 1.94 bits per heavy atom. The predicted octanol–water partition coefficient (Wildman–Crippen LogP) is 6.69. The lowest BCUT2D eigenvalue weighted by atomic mass is 10.1. The molecule has 0 atom stereocenters. The van der Waals surface area contributed by atoms with Crippen LogP contribution in [0, 0.1) is 13.8 Å². The zero-order valence-corrected chi connectivity index (χ0v) is 20.5. The van der Waals surface area contributed by atoms with Gasteiger partial charge in [0.25, 0.3) is 0 Å². The van der Waals surface area contributed by atoms with E-state index in [-0.39, 0.29) is 6.03 Å². The number of aryl methyl sites for hydroxylation is 3. The van der Waals surface area contributed by atoms with Crippen LogP contribution in [0.3, 0.4) is 0 Å². The average molecular weight is 462 g/mol. The lowest BCUT2D eigenvalue weighted by Crippen LogP contribution is -2.37. The molecule has 2 aromatic heterocycles. The van der Waals surface area contributed by atoms with Crippen molar-refractivity contribution in [1.82, 2.24) is 9.47 Å². The Morgan fingerprint density at radius 3 is 2.64 bits per heavy atom. The standard InChI is InChI=1S/C27H31N3O2S/c1-5-30-24-10-7-6-9-21(24)22(26(30)25-11-8-16-33-25)18-29(14-15-32-4)27(31)28-23-13-12-19(2)17-20(23)3/h6-13,16-17H,5,14-15,18H2,1-4H3,(H,28,31). The molecule has 1 N–H and O–H groups in total. The zero-order valence-electron chi connectivity index (χ0n) is 19.7. The van der Waals surface area contributed by atoms with Crippen LogP contribution < -0.4 is 5.32 Å². The molecule has 0 aliphatic heterocycles. The second kappa shape index (κ2) is 10.2. The first kappa shape index (κ1) is 23.1. The van der Waals surface area contributed by atoms with Gasteiger partial charge < -0.3 is 19.5 Å². The number of fused-ring (bicyclic) bond motifs is 1. The molecule has 2 heterocycles. The summed E-state index contributed by atoms with van der Waals surface area (Å²) in [6.07, 6.45) is 0. The van der Waals surface area contributed by atoms with Crippen LogP contribution in [0.2, 0.25) is 0 Å². The second-order valence-electron chi connectivity index (χ2n) is 8.23. The van der Waals surface area contributed by atoms with Gasteiger partial charge in [-0.15, -0.1) is 11.3 Å². The minimum absolute atomic E-state index is 0.121. The molecule has 172 valence electrons. The van der Waals surface area contributed by atoms with Gasteiger partial charge in [-0.3, -0.25) is 0 Å². The molecule has 0 saturated heterocycles. The number of anilines is 1. The van der Waals surface area contributed by atoms with Gasteiger partial charge in [0.1, 0.15) is 0 Å². The molecule has 33 heavy (non-hydrogen) atoms. The van der Waals surface area contributed by atoms with Crippen molar-refractivity contribution in [2.24, 2.45) is 0 Å².